The van der Waals surface area contributed by atoms with Crippen LogP contribution in [0.4, 0.5) is 0 Å². The van der Waals surface area contributed by atoms with Crippen molar-refractivity contribution in [3.63, 3.8) is 0 Å². The molecule has 0 fully saturated rings. The van der Waals surface area contributed by atoms with E-state index in [4.69, 9.17) is 9.26 Å². The van der Waals surface area contributed by atoms with Gasteiger partial charge in [0.05, 0.1) is 13.0 Å². The molecule has 28 heavy (non-hydrogen) atoms. The molecule has 3 rings (SSSR count). The molecule has 2 aromatic carbocycles. The van der Waals surface area contributed by atoms with Crippen LogP contribution in [-0.4, -0.2) is 35.6 Å². The van der Waals surface area contributed by atoms with Gasteiger partial charge in [-0.3, -0.25) is 9.59 Å². The van der Waals surface area contributed by atoms with Crippen molar-refractivity contribution in [2.75, 3.05) is 13.7 Å². The number of benzene rings is 2. The van der Waals surface area contributed by atoms with E-state index in [0.29, 0.717) is 12.2 Å². The lowest BCUT2D eigenvalue weighted by Crippen LogP contribution is -2.36. The zero-order chi connectivity index (χ0) is 19.9. The van der Waals surface area contributed by atoms with Gasteiger partial charge in [-0.1, -0.05) is 72.7 Å². The zero-order valence-corrected chi connectivity index (χ0v) is 15.9. The summed E-state index contributed by atoms with van der Waals surface area (Å²) in [4.78, 5) is 26.5. The Hall–Kier alpha value is -3.41. The van der Waals surface area contributed by atoms with Gasteiger partial charge in [-0.25, -0.2) is 0 Å². The Kier molecular flexibility index (Phi) is 6.22. The average Bonchev–Trinajstić information content (AvgIpc) is 3.23. The van der Waals surface area contributed by atoms with Crippen LogP contribution in [0.3, 0.4) is 0 Å². The summed E-state index contributed by atoms with van der Waals surface area (Å²) in [7, 11) is 1.34. The smallest absolute Gasteiger partial charge is 0.310 e. The molecule has 0 saturated heterocycles. The zero-order valence-electron chi connectivity index (χ0n) is 15.9. The average molecular weight is 378 g/mol. The van der Waals surface area contributed by atoms with Crippen LogP contribution in [0.15, 0.2) is 71.3 Å². The highest BCUT2D eigenvalue weighted by atomic mass is 16.5. The molecule has 0 aliphatic rings. The van der Waals surface area contributed by atoms with E-state index in [1.807, 2.05) is 60.7 Å². The van der Waals surface area contributed by atoms with Gasteiger partial charge >= 0.3 is 5.97 Å². The van der Waals surface area contributed by atoms with Gasteiger partial charge in [-0.15, -0.1) is 0 Å². The van der Waals surface area contributed by atoms with Crippen LogP contribution in [0.5, 0.6) is 0 Å². The number of carbonyl (C=O) groups is 2. The first-order valence-electron chi connectivity index (χ1n) is 9.01. The molecule has 0 N–H and O–H groups in total. The van der Waals surface area contributed by atoms with E-state index in [1.165, 1.54) is 7.11 Å². The predicted octanol–water partition coefficient (Wildman–Crippen LogP) is 3.79. The van der Waals surface area contributed by atoms with Crippen LogP contribution in [0.25, 0.3) is 11.3 Å². The maximum atomic E-state index is 13.1. The quantitative estimate of drug-likeness (QED) is 0.585. The minimum atomic E-state index is -0.464. The fourth-order valence-electron chi connectivity index (χ4n) is 2.91. The van der Waals surface area contributed by atoms with Gasteiger partial charge in [0.1, 0.15) is 5.69 Å². The molecule has 1 heterocycles. The number of hydrogen-bond acceptors (Lipinski definition) is 5. The van der Waals surface area contributed by atoms with Gasteiger partial charge in [0.25, 0.3) is 5.91 Å². The molecule has 1 atom stereocenters. The number of esters is 1. The first kappa shape index (κ1) is 19.4. The van der Waals surface area contributed by atoms with Crippen molar-refractivity contribution in [1.82, 2.24) is 10.1 Å². The van der Waals surface area contributed by atoms with Crippen molar-refractivity contribution in [1.29, 1.82) is 0 Å². The summed E-state index contributed by atoms with van der Waals surface area (Å²) in [5.74, 6) is -1.02. The number of ether oxygens (including phenoxy) is 1. The number of carbonyl (C=O) groups excluding carboxylic acids is 2. The third kappa shape index (κ3) is 4.65. The van der Waals surface area contributed by atoms with Gasteiger partial charge in [-0.05, 0) is 5.56 Å². The minimum Gasteiger partial charge on any atom is -0.469 e. The van der Waals surface area contributed by atoms with E-state index in [1.54, 1.807) is 17.9 Å². The lowest BCUT2D eigenvalue weighted by molar-refractivity contribution is -0.145. The summed E-state index contributed by atoms with van der Waals surface area (Å²) in [6, 6.07) is 20.7. The van der Waals surface area contributed by atoms with Gasteiger partial charge in [0.15, 0.2) is 0 Å². The number of nitrogens with zero attached hydrogens (tertiary/aromatic N) is 2. The molecule has 0 saturated carbocycles. The minimum absolute atomic E-state index is 0.131. The van der Waals surface area contributed by atoms with Crippen molar-refractivity contribution in [2.45, 2.75) is 13.5 Å². The molecule has 0 aliphatic carbocycles. The van der Waals surface area contributed by atoms with E-state index < -0.39 is 5.92 Å². The maximum absolute atomic E-state index is 13.1. The van der Waals surface area contributed by atoms with E-state index in [2.05, 4.69) is 5.16 Å². The summed E-state index contributed by atoms with van der Waals surface area (Å²) in [6.07, 6.45) is 0. The van der Waals surface area contributed by atoms with Crippen molar-refractivity contribution >= 4 is 11.9 Å². The van der Waals surface area contributed by atoms with E-state index in [-0.39, 0.29) is 24.2 Å². The molecule has 3 aromatic rings. The number of rotatable bonds is 7. The second kappa shape index (κ2) is 8.99. The second-order valence-electron chi connectivity index (χ2n) is 6.54. The molecule has 144 valence electrons. The lowest BCUT2D eigenvalue weighted by atomic mass is 10.1. The first-order valence-corrected chi connectivity index (χ1v) is 9.01. The van der Waals surface area contributed by atoms with Crippen LogP contribution in [0.1, 0.15) is 23.0 Å². The Balaban J connectivity index is 1.83. The van der Waals surface area contributed by atoms with E-state index in [0.717, 1.165) is 11.1 Å². The van der Waals surface area contributed by atoms with E-state index >= 15 is 0 Å². The Morgan fingerprint density at radius 1 is 1.07 bits per heavy atom. The lowest BCUT2D eigenvalue weighted by Gasteiger charge is -2.24. The molecular weight excluding hydrogens is 356 g/mol. The molecule has 0 radical (unpaired) electrons. The highest BCUT2D eigenvalue weighted by Gasteiger charge is 2.25. The molecule has 6 heteroatoms. The number of methoxy groups -OCH3 is 1. The molecule has 1 amide bonds. The van der Waals surface area contributed by atoms with Crippen LogP contribution in [0.2, 0.25) is 0 Å². The van der Waals surface area contributed by atoms with Crippen molar-refractivity contribution in [3.8, 4) is 11.3 Å². The molecule has 0 spiro atoms. The van der Waals surface area contributed by atoms with Crippen LogP contribution in [0, 0.1) is 5.92 Å². The Morgan fingerprint density at radius 2 is 1.71 bits per heavy atom. The summed E-state index contributed by atoms with van der Waals surface area (Å²) >= 11 is 0. The predicted molar refractivity (Wildman–Crippen MR) is 104 cm³/mol. The Morgan fingerprint density at radius 3 is 2.36 bits per heavy atom. The van der Waals surface area contributed by atoms with Crippen LogP contribution < -0.4 is 0 Å². The molecule has 0 aliphatic heterocycles. The first-order chi connectivity index (χ1) is 13.6. The number of amides is 1. The van der Waals surface area contributed by atoms with Gasteiger partial charge in [-0.2, -0.15) is 0 Å². The molecule has 1 aromatic heterocycles. The fraction of sp³-hybridized carbons (Fsp3) is 0.227. The Bertz CT molecular complexity index is 922. The SMILES string of the molecule is COC(=O)C(C)CN(Cc1ccccc1)C(=O)c1cc(-c2ccccc2)no1. The topological polar surface area (TPSA) is 72.6 Å². The van der Waals surface area contributed by atoms with Crippen molar-refractivity contribution < 1.29 is 18.8 Å². The van der Waals surface area contributed by atoms with Gasteiger partial charge < -0.3 is 14.2 Å². The summed E-state index contributed by atoms with van der Waals surface area (Å²) < 4.78 is 10.1. The maximum Gasteiger partial charge on any atom is 0.310 e. The van der Waals surface area contributed by atoms with E-state index in [9.17, 15) is 9.59 Å². The molecule has 6 nitrogen and oxygen atoms in total. The van der Waals surface area contributed by atoms with Gasteiger partial charge in [0.2, 0.25) is 5.76 Å². The normalized spacial score (nSPS) is 11.6. The number of aromatic nitrogens is 1. The molecular formula is C22H22N2O4. The monoisotopic (exact) mass is 378 g/mol. The second-order valence-corrected chi connectivity index (χ2v) is 6.54. The third-order valence-electron chi connectivity index (χ3n) is 4.39. The summed E-state index contributed by atoms with van der Waals surface area (Å²) in [5.41, 5.74) is 2.41. The summed E-state index contributed by atoms with van der Waals surface area (Å²) in [6.45, 7) is 2.29. The molecule has 0 bridgehead atoms. The van der Waals surface area contributed by atoms with Crippen LogP contribution in [-0.2, 0) is 16.1 Å². The fourth-order valence-corrected chi connectivity index (χ4v) is 2.91. The van der Waals surface area contributed by atoms with Gasteiger partial charge in [0, 0.05) is 24.7 Å². The number of hydrogen-bond donors (Lipinski definition) is 0. The largest absolute Gasteiger partial charge is 0.469 e. The highest BCUT2D eigenvalue weighted by Crippen LogP contribution is 2.20. The third-order valence-corrected chi connectivity index (χ3v) is 4.39. The van der Waals surface area contributed by atoms with Crippen molar-refractivity contribution in [3.05, 3.63) is 78.1 Å². The van der Waals surface area contributed by atoms with Crippen molar-refractivity contribution in [2.24, 2.45) is 5.92 Å². The highest BCUT2D eigenvalue weighted by molar-refractivity contribution is 5.92. The molecule has 1 unspecified atom stereocenters. The van der Waals surface area contributed by atoms with Crippen LogP contribution >= 0.6 is 0 Å². The standard InChI is InChI=1S/C22H22N2O4/c1-16(22(26)27-2)14-24(15-17-9-5-3-6-10-17)21(25)20-13-19(23-28-20)18-11-7-4-8-12-18/h3-13,16H,14-15H2,1-2H3. The summed E-state index contributed by atoms with van der Waals surface area (Å²) in [5, 5.41) is 4.01. The Labute approximate surface area is 163 Å².